The van der Waals surface area contributed by atoms with Gasteiger partial charge in [0.15, 0.2) is 11.5 Å². The Labute approximate surface area is 282 Å². The van der Waals surface area contributed by atoms with E-state index in [2.05, 4.69) is 15.4 Å². The van der Waals surface area contributed by atoms with Crippen LogP contribution in [-0.2, 0) is 47.3 Å². The van der Waals surface area contributed by atoms with Gasteiger partial charge in [0.2, 0.25) is 31.7 Å². The van der Waals surface area contributed by atoms with E-state index < -0.39 is 54.7 Å². The van der Waals surface area contributed by atoms with E-state index in [1.165, 1.54) is 12.1 Å². The molecule has 0 saturated carbocycles. The summed E-state index contributed by atoms with van der Waals surface area (Å²) < 4.78 is 66.8. The van der Waals surface area contributed by atoms with E-state index in [0.717, 1.165) is 28.6 Å². The average Bonchev–Trinajstić information content (AvgIpc) is 3.09. The van der Waals surface area contributed by atoms with E-state index in [1.807, 2.05) is 0 Å². The van der Waals surface area contributed by atoms with Crippen molar-refractivity contribution < 1.29 is 45.6 Å². The van der Waals surface area contributed by atoms with Crippen LogP contribution in [0.15, 0.2) is 76.5 Å². The Bertz CT molecular complexity index is 1970. The lowest BCUT2D eigenvalue weighted by atomic mass is 9.99. The van der Waals surface area contributed by atoms with Gasteiger partial charge in [0, 0.05) is 44.3 Å². The second-order valence-electron chi connectivity index (χ2n) is 11.1. The fourth-order valence-corrected chi connectivity index (χ4v) is 8.35. The molecule has 0 saturated heterocycles. The molecule has 0 bridgehead atoms. The lowest BCUT2D eigenvalue weighted by molar-refractivity contribution is -0.384. The molecule has 5 rings (SSSR count). The number of carbonyl (C=O) groups excluding carboxylic acids is 3. The molecule has 0 aromatic heterocycles. The standard InChI is InChI=1S/C31H33N5O11S2/c1-2-35-25(17-21-18-26-27(47-15-14-46-26)19-28(21)49(35,44)45)30(38)34-24(16-20-6-4-3-5-7-20)29(37)31(39)32-12-13-33-48(42,43)23-10-8-22(9-11-23)36(40)41/h3-11,18-19,24-25,33H,2,12-17H2,1H3,(H,32,39)(H,34,38)/t24-,25?/m0/s1. The summed E-state index contributed by atoms with van der Waals surface area (Å²) in [5.41, 5.74) is 0.666. The summed E-state index contributed by atoms with van der Waals surface area (Å²) in [5, 5.41) is 15.8. The highest BCUT2D eigenvalue weighted by atomic mass is 32.2. The topological polar surface area (TPSA) is 220 Å². The molecule has 3 aromatic carbocycles. The summed E-state index contributed by atoms with van der Waals surface area (Å²) in [5.74, 6) is -2.28. The number of hydrogen-bond donors (Lipinski definition) is 3. The third-order valence-corrected chi connectivity index (χ3v) is 11.4. The second kappa shape index (κ2) is 14.7. The zero-order valence-electron chi connectivity index (χ0n) is 26.2. The summed E-state index contributed by atoms with van der Waals surface area (Å²) in [4.78, 5) is 50.1. The van der Waals surface area contributed by atoms with Crippen LogP contribution < -0.4 is 24.8 Å². The lowest BCUT2D eigenvalue weighted by Crippen LogP contribution is -2.57. The number of Topliss-reactive ketones (excluding diaryl/α,β-unsaturated/α-hetero) is 1. The molecule has 260 valence electrons. The third-order valence-electron chi connectivity index (χ3n) is 7.89. The average molecular weight is 716 g/mol. The van der Waals surface area contributed by atoms with Crippen molar-refractivity contribution in [3.05, 3.63) is 88.0 Å². The largest absolute Gasteiger partial charge is 0.486 e. The van der Waals surface area contributed by atoms with E-state index in [1.54, 1.807) is 37.3 Å². The number of ether oxygens (including phenoxy) is 2. The van der Waals surface area contributed by atoms with E-state index >= 15 is 0 Å². The summed E-state index contributed by atoms with van der Waals surface area (Å²) in [6.45, 7) is 1.44. The molecule has 1 unspecified atom stereocenters. The van der Waals surface area contributed by atoms with Crippen molar-refractivity contribution in [3.8, 4) is 11.5 Å². The minimum Gasteiger partial charge on any atom is -0.486 e. The number of nitro benzene ring substituents is 1. The van der Waals surface area contributed by atoms with Crippen LogP contribution in [0.4, 0.5) is 5.69 Å². The van der Waals surface area contributed by atoms with Gasteiger partial charge in [-0.1, -0.05) is 37.3 Å². The van der Waals surface area contributed by atoms with Gasteiger partial charge >= 0.3 is 0 Å². The smallest absolute Gasteiger partial charge is 0.289 e. The number of likely N-dealkylation sites (N-methyl/N-ethyl adjacent to an activating group) is 1. The zero-order chi connectivity index (χ0) is 35.3. The fourth-order valence-electron chi connectivity index (χ4n) is 5.49. The first-order valence-electron chi connectivity index (χ1n) is 15.2. The number of nitrogens with one attached hydrogen (secondary N) is 3. The predicted octanol–water partition coefficient (Wildman–Crippen LogP) is 0.693. The molecule has 0 fully saturated rings. The van der Waals surface area contributed by atoms with E-state index in [4.69, 9.17) is 9.47 Å². The van der Waals surface area contributed by atoms with Gasteiger partial charge in [0.1, 0.15) is 25.3 Å². The van der Waals surface area contributed by atoms with E-state index in [-0.39, 0.29) is 66.9 Å². The van der Waals surface area contributed by atoms with Gasteiger partial charge < -0.3 is 20.1 Å². The number of nitro groups is 1. The predicted molar refractivity (Wildman–Crippen MR) is 173 cm³/mol. The Morgan fingerprint density at radius 2 is 1.65 bits per heavy atom. The maximum absolute atomic E-state index is 13.8. The summed E-state index contributed by atoms with van der Waals surface area (Å²) in [6.07, 6.45) is -0.120. The normalized spacial score (nSPS) is 17.3. The first-order chi connectivity index (χ1) is 23.3. The minimum absolute atomic E-state index is 0.0110. The lowest BCUT2D eigenvalue weighted by Gasteiger charge is -2.35. The fraction of sp³-hybridized carbons (Fsp3) is 0.323. The molecule has 0 radical (unpaired) electrons. The van der Waals surface area contributed by atoms with Crippen LogP contribution in [0.3, 0.4) is 0 Å². The number of nitrogens with zero attached hydrogens (tertiary/aromatic N) is 2. The van der Waals surface area contributed by atoms with Crippen LogP contribution in [0.5, 0.6) is 11.5 Å². The maximum atomic E-state index is 13.8. The van der Waals surface area contributed by atoms with Gasteiger partial charge in [-0.05, 0) is 35.7 Å². The first kappa shape index (κ1) is 35.4. The molecule has 2 aliphatic heterocycles. The van der Waals surface area contributed by atoms with Crippen molar-refractivity contribution in [3.63, 3.8) is 0 Å². The Kier molecular flexibility index (Phi) is 10.6. The molecule has 2 amide bonds. The van der Waals surface area contributed by atoms with E-state index in [9.17, 15) is 41.3 Å². The van der Waals surface area contributed by atoms with Crippen LogP contribution in [0.2, 0.25) is 0 Å². The van der Waals surface area contributed by atoms with Crippen molar-refractivity contribution in [1.82, 2.24) is 19.7 Å². The maximum Gasteiger partial charge on any atom is 0.289 e. The number of sulfonamides is 2. The highest BCUT2D eigenvalue weighted by Crippen LogP contribution is 2.39. The van der Waals surface area contributed by atoms with Crippen LogP contribution in [0, 0.1) is 10.1 Å². The molecule has 2 aliphatic rings. The van der Waals surface area contributed by atoms with Gasteiger partial charge in [-0.25, -0.2) is 21.6 Å². The number of amides is 2. The number of benzene rings is 3. The molecule has 18 heteroatoms. The van der Waals surface area contributed by atoms with Crippen molar-refractivity contribution in [2.75, 3.05) is 32.8 Å². The number of carbonyl (C=O) groups is 3. The molecular weight excluding hydrogens is 682 g/mol. The van der Waals surface area contributed by atoms with Crippen LogP contribution in [-0.4, -0.2) is 88.6 Å². The van der Waals surface area contributed by atoms with Crippen molar-refractivity contribution >= 4 is 43.3 Å². The molecule has 3 aromatic rings. The monoisotopic (exact) mass is 715 g/mol. The van der Waals surface area contributed by atoms with Gasteiger partial charge in [0.05, 0.1) is 14.7 Å². The molecule has 2 heterocycles. The molecule has 2 atom stereocenters. The molecule has 49 heavy (non-hydrogen) atoms. The molecule has 16 nitrogen and oxygen atoms in total. The Hall–Kier alpha value is -4.91. The number of non-ortho nitro benzene ring substituents is 1. The van der Waals surface area contributed by atoms with Crippen molar-refractivity contribution in [1.29, 1.82) is 0 Å². The molecule has 0 aliphatic carbocycles. The number of hydrogen-bond acceptors (Lipinski definition) is 11. The van der Waals surface area contributed by atoms with Gasteiger partial charge in [-0.3, -0.25) is 24.5 Å². The minimum atomic E-state index is -4.16. The highest BCUT2D eigenvalue weighted by Gasteiger charge is 2.43. The highest BCUT2D eigenvalue weighted by molar-refractivity contribution is 7.89. The molecule has 0 spiro atoms. The van der Waals surface area contributed by atoms with Crippen LogP contribution in [0.25, 0.3) is 0 Å². The van der Waals surface area contributed by atoms with Crippen molar-refractivity contribution in [2.45, 2.75) is 41.6 Å². The number of ketones is 1. The third kappa shape index (κ3) is 7.88. The van der Waals surface area contributed by atoms with Crippen LogP contribution >= 0.6 is 0 Å². The van der Waals surface area contributed by atoms with Gasteiger partial charge in [-0.15, -0.1) is 0 Å². The van der Waals surface area contributed by atoms with Crippen LogP contribution in [0.1, 0.15) is 18.1 Å². The Morgan fingerprint density at radius 1 is 1.00 bits per heavy atom. The SMILES string of the molecule is CCN1C(C(=O)N[C@@H](Cc2ccccc2)C(=O)C(=O)NCCNS(=O)(=O)c2ccc([N+](=O)[O-])cc2)Cc2cc3c(cc2S1(=O)=O)OCCO3. The summed E-state index contributed by atoms with van der Waals surface area (Å²) in [6, 6.07) is 13.0. The Morgan fingerprint density at radius 3 is 2.29 bits per heavy atom. The molecule has 3 N–H and O–H groups in total. The summed E-state index contributed by atoms with van der Waals surface area (Å²) in [7, 11) is -8.24. The zero-order valence-corrected chi connectivity index (χ0v) is 27.8. The number of rotatable bonds is 13. The van der Waals surface area contributed by atoms with Gasteiger partial charge in [-0.2, -0.15) is 4.31 Å². The Balaban J connectivity index is 1.28. The molecular formula is C31H33N5O11S2. The first-order valence-corrected chi connectivity index (χ1v) is 18.1. The van der Waals surface area contributed by atoms with Crippen molar-refractivity contribution in [2.24, 2.45) is 0 Å². The van der Waals surface area contributed by atoms with E-state index in [0.29, 0.717) is 16.9 Å². The quantitative estimate of drug-likeness (QED) is 0.0967. The van der Waals surface area contributed by atoms with Gasteiger partial charge in [0.25, 0.3) is 11.6 Å². The second-order valence-corrected chi connectivity index (χ2v) is 14.7. The summed E-state index contributed by atoms with van der Waals surface area (Å²) >= 11 is 0. The number of fused-ring (bicyclic) bond motifs is 2.